The van der Waals surface area contributed by atoms with Crippen LogP contribution in [0.1, 0.15) is 23.1 Å². The number of carbonyl (C=O) groups is 1. The molecule has 25 heavy (non-hydrogen) atoms. The molecule has 2 heterocycles. The van der Waals surface area contributed by atoms with Crippen molar-refractivity contribution in [2.75, 3.05) is 5.75 Å². The Balaban J connectivity index is 1.75. The third kappa shape index (κ3) is 3.82. The van der Waals surface area contributed by atoms with Crippen LogP contribution in [0.5, 0.6) is 0 Å². The number of hydrogen-bond donors (Lipinski definition) is 0. The molecule has 7 heteroatoms. The van der Waals surface area contributed by atoms with Gasteiger partial charge < -0.3 is 9.15 Å². The van der Waals surface area contributed by atoms with Gasteiger partial charge >= 0.3 is 11.6 Å². The lowest BCUT2D eigenvalue weighted by molar-refractivity contribution is -0.145. The molecule has 1 aromatic heterocycles. The van der Waals surface area contributed by atoms with E-state index < -0.39 is 21.4 Å². The number of hydrogen-bond acceptors (Lipinski definition) is 6. The van der Waals surface area contributed by atoms with E-state index in [4.69, 9.17) is 9.15 Å². The van der Waals surface area contributed by atoms with Gasteiger partial charge in [0.25, 0.3) is 0 Å². The molecule has 0 spiro atoms. The minimum Gasteiger partial charge on any atom is -0.461 e. The quantitative estimate of drug-likeness (QED) is 0.613. The lowest BCUT2D eigenvalue weighted by Crippen LogP contribution is -2.14. The van der Waals surface area contributed by atoms with Crippen LogP contribution in [0.15, 0.2) is 38.9 Å². The van der Waals surface area contributed by atoms with E-state index in [1.165, 1.54) is 12.1 Å². The summed E-state index contributed by atoms with van der Waals surface area (Å²) in [5.74, 6) is -0.935. The molecule has 3 rings (SSSR count). The first kappa shape index (κ1) is 17.4. The molecule has 0 saturated carbocycles. The summed E-state index contributed by atoms with van der Waals surface area (Å²) in [6, 6.07) is 5.05. The summed E-state index contributed by atoms with van der Waals surface area (Å²) in [6.07, 6.45) is 1.50. The molecule has 6 nitrogen and oxygen atoms in total. The van der Waals surface area contributed by atoms with Crippen molar-refractivity contribution in [3.63, 3.8) is 0 Å². The Morgan fingerprint density at radius 3 is 2.76 bits per heavy atom. The van der Waals surface area contributed by atoms with E-state index in [2.05, 4.69) is 0 Å². The Kier molecular flexibility index (Phi) is 4.51. The Labute approximate surface area is 145 Å². The minimum absolute atomic E-state index is 0.00671. The summed E-state index contributed by atoms with van der Waals surface area (Å²) in [4.78, 5) is 23.8. The zero-order valence-corrected chi connectivity index (χ0v) is 14.8. The lowest BCUT2D eigenvalue weighted by Gasteiger charge is -2.11. The van der Waals surface area contributed by atoms with Gasteiger partial charge in [-0.3, -0.25) is 4.79 Å². The zero-order chi connectivity index (χ0) is 18.2. The van der Waals surface area contributed by atoms with Crippen molar-refractivity contribution in [3.8, 4) is 0 Å². The Bertz CT molecular complexity index is 1030. The van der Waals surface area contributed by atoms with Crippen LogP contribution in [0.4, 0.5) is 0 Å². The summed E-state index contributed by atoms with van der Waals surface area (Å²) in [5.41, 5.74) is 2.42. The van der Waals surface area contributed by atoms with Gasteiger partial charge in [-0.05, 0) is 25.0 Å². The predicted molar refractivity (Wildman–Crippen MR) is 92.8 cm³/mol. The third-order valence-corrected chi connectivity index (χ3v) is 5.80. The molecule has 2 aromatic rings. The van der Waals surface area contributed by atoms with E-state index in [0.717, 1.165) is 21.9 Å². The smallest absolute Gasteiger partial charge is 0.336 e. The molecule has 1 aromatic carbocycles. The van der Waals surface area contributed by atoms with Gasteiger partial charge in [-0.25, -0.2) is 13.2 Å². The summed E-state index contributed by atoms with van der Waals surface area (Å²) in [5, 5.41) is 1.85. The number of esters is 1. The van der Waals surface area contributed by atoms with Crippen LogP contribution in [-0.4, -0.2) is 20.1 Å². The first-order chi connectivity index (χ1) is 11.7. The average Bonchev–Trinajstić information content (AvgIpc) is 2.87. The number of rotatable bonds is 4. The molecule has 1 atom stereocenters. The van der Waals surface area contributed by atoms with Gasteiger partial charge in [-0.1, -0.05) is 18.2 Å². The second-order valence-corrected chi connectivity index (χ2v) is 8.19. The molecular weight excluding hydrogens is 344 g/mol. The van der Waals surface area contributed by atoms with Crippen molar-refractivity contribution in [3.05, 3.63) is 56.8 Å². The molecular formula is C18H18O6S. The fourth-order valence-corrected chi connectivity index (χ4v) is 4.24. The molecule has 0 aliphatic carbocycles. The maximum Gasteiger partial charge on any atom is 0.336 e. The van der Waals surface area contributed by atoms with Crippen LogP contribution in [-0.2, 0) is 26.0 Å². The maximum atomic E-state index is 12.0. The van der Waals surface area contributed by atoms with Crippen molar-refractivity contribution in [1.29, 1.82) is 0 Å². The van der Waals surface area contributed by atoms with Crippen LogP contribution in [0, 0.1) is 19.8 Å². The monoisotopic (exact) mass is 362 g/mol. The molecule has 0 saturated heterocycles. The highest BCUT2D eigenvalue weighted by molar-refractivity contribution is 7.94. The van der Waals surface area contributed by atoms with Gasteiger partial charge in [0.1, 0.15) is 12.2 Å². The number of fused-ring (bicyclic) bond motifs is 1. The predicted octanol–water partition coefficient (Wildman–Crippen LogP) is 2.40. The van der Waals surface area contributed by atoms with Crippen LogP contribution < -0.4 is 5.63 Å². The van der Waals surface area contributed by atoms with Gasteiger partial charge in [-0.2, -0.15) is 0 Å². The van der Waals surface area contributed by atoms with Gasteiger partial charge in [0.05, 0.1) is 12.2 Å². The summed E-state index contributed by atoms with van der Waals surface area (Å²) in [7, 11) is -3.19. The first-order valence-corrected chi connectivity index (χ1v) is 9.56. The van der Waals surface area contributed by atoms with Crippen LogP contribution in [0.25, 0.3) is 11.0 Å². The fraction of sp³-hybridized carbons (Fsp3) is 0.333. The van der Waals surface area contributed by atoms with E-state index in [0.29, 0.717) is 11.1 Å². The molecule has 132 valence electrons. The molecule has 1 aliphatic rings. The van der Waals surface area contributed by atoms with Crippen molar-refractivity contribution in [2.45, 2.75) is 26.9 Å². The van der Waals surface area contributed by atoms with E-state index in [1.54, 1.807) is 0 Å². The van der Waals surface area contributed by atoms with Crippen molar-refractivity contribution < 1.29 is 22.4 Å². The number of aryl methyl sites for hydroxylation is 2. The van der Waals surface area contributed by atoms with Gasteiger partial charge in [0.2, 0.25) is 0 Å². The van der Waals surface area contributed by atoms with E-state index >= 15 is 0 Å². The first-order valence-electron chi connectivity index (χ1n) is 7.85. The standard InChI is InChI=1S/C18H18O6S/c1-11-3-4-15-14(8-17(20)24-18(15)12(11)2)9-23-16(19)7-13-5-6-25(21,22)10-13/h3-6,8,13H,7,9-10H2,1-2H3. The molecule has 0 radical (unpaired) electrons. The highest BCUT2D eigenvalue weighted by Crippen LogP contribution is 2.24. The average molecular weight is 362 g/mol. The molecule has 0 fully saturated rings. The van der Waals surface area contributed by atoms with Crippen molar-refractivity contribution in [1.82, 2.24) is 0 Å². The fourth-order valence-electron chi connectivity index (χ4n) is 2.84. The van der Waals surface area contributed by atoms with Crippen molar-refractivity contribution in [2.24, 2.45) is 5.92 Å². The van der Waals surface area contributed by atoms with Gasteiger partial charge in [-0.15, -0.1) is 0 Å². The van der Waals surface area contributed by atoms with Crippen LogP contribution in [0.3, 0.4) is 0 Å². The lowest BCUT2D eigenvalue weighted by atomic mass is 10.0. The van der Waals surface area contributed by atoms with E-state index in [9.17, 15) is 18.0 Å². The number of carbonyl (C=O) groups excluding carboxylic acids is 1. The third-order valence-electron chi connectivity index (χ3n) is 4.34. The summed E-state index contributed by atoms with van der Waals surface area (Å²) in [6.45, 7) is 3.72. The van der Waals surface area contributed by atoms with Crippen LogP contribution in [0.2, 0.25) is 0 Å². The molecule has 0 amide bonds. The number of sulfone groups is 1. The van der Waals surface area contributed by atoms with Crippen molar-refractivity contribution >= 4 is 26.8 Å². The normalized spacial score (nSPS) is 18.6. The topological polar surface area (TPSA) is 90.7 Å². The summed E-state index contributed by atoms with van der Waals surface area (Å²) < 4.78 is 33.2. The Morgan fingerprint density at radius 2 is 2.08 bits per heavy atom. The molecule has 0 bridgehead atoms. The summed E-state index contributed by atoms with van der Waals surface area (Å²) >= 11 is 0. The molecule has 1 aliphatic heterocycles. The number of benzene rings is 1. The maximum absolute atomic E-state index is 12.0. The largest absolute Gasteiger partial charge is 0.461 e. The molecule has 0 N–H and O–H groups in total. The zero-order valence-electron chi connectivity index (χ0n) is 13.9. The van der Waals surface area contributed by atoms with Crippen LogP contribution >= 0.6 is 0 Å². The van der Waals surface area contributed by atoms with E-state index in [-0.39, 0.29) is 24.7 Å². The number of ether oxygens (including phenoxy) is 1. The number of allylic oxidation sites excluding steroid dienone is 1. The highest BCUT2D eigenvalue weighted by Gasteiger charge is 2.24. The second kappa shape index (κ2) is 6.48. The SMILES string of the molecule is Cc1ccc2c(COC(=O)CC3C=CS(=O)(=O)C3)cc(=O)oc2c1C. The molecule has 1 unspecified atom stereocenters. The van der Waals surface area contributed by atoms with Gasteiger partial charge in [0.15, 0.2) is 9.84 Å². The minimum atomic E-state index is -3.19. The second-order valence-electron chi connectivity index (χ2n) is 6.26. The Hall–Kier alpha value is -2.41. The van der Waals surface area contributed by atoms with Gasteiger partial charge in [0, 0.05) is 28.3 Å². The van der Waals surface area contributed by atoms with E-state index in [1.807, 2.05) is 26.0 Å². The Morgan fingerprint density at radius 1 is 1.32 bits per heavy atom. The highest BCUT2D eigenvalue weighted by atomic mass is 32.2.